The first kappa shape index (κ1) is 12.3. The second-order valence-electron chi connectivity index (χ2n) is 5.35. The molecule has 1 aromatic rings. The quantitative estimate of drug-likeness (QED) is 0.833. The molecule has 0 radical (unpaired) electrons. The van der Waals surface area contributed by atoms with E-state index in [1.165, 1.54) is 6.26 Å². The number of nitrogens with one attached hydrogen (secondary N) is 1. The van der Waals surface area contributed by atoms with Crippen LogP contribution in [0.2, 0.25) is 0 Å². The highest BCUT2D eigenvalue weighted by atomic mass is 16.3. The molecule has 5 heteroatoms. The van der Waals surface area contributed by atoms with Crippen molar-refractivity contribution in [1.29, 1.82) is 0 Å². The van der Waals surface area contributed by atoms with Crippen LogP contribution in [0.15, 0.2) is 16.7 Å². The SMILES string of the molecule is Cc1occc1C(=O)N1CC(=O)N[C@H]2CCCC[C@H]21. The highest BCUT2D eigenvalue weighted by Crippen LogP contribution is 2.27. The molecule has 1 saturated heterocycles. The highest BCUT2D eigenvalue weighted by Gasteiger charge is 2.39. The van der Waals surface area contributed by atoms with Crippen LogP contribution in [0.1, 0.15) is 41.8 Å². The molecule has 2 fully saturated rings. The Morgan fingerprint density at radius 3 is 2.95 bits per heavy atom. The molecule has 0 aromatic carbocycles. The van der Waals surface area contributed by atoms with Gasteiger partial charge in [-0.05, 0) is 25.8 Å². The van der Waals surface area contributed by atoms with Crippen LogP contribution in [0.25, 0.3) is 0 Å². The minimum Gasteiger partial charge on any atom is -0.469 e. The number of nitrogens with zero attached hydrogens (tertiary/aromatic N) is 1. The third-order valence-electron chi connectivity index (χ3n) is 4.14. The average molecular weight is 262 g/mol. The summed E-state index contributed by atoms with van der Waals surface area (Å²) >= 11 is 0. The number of piperazine rings is 1. The lowest BCUT2D eigenvalue weighted by atomic mass is 9.87. The van der Waals surface area contributed by atoms with E-state index in [0.29, 0.717) is 11.3 Å². The second-order valence-corrected chi connectivity index (χ2v) is 5.35. The van der Waals surface area contributed by atoms with Gasteiger partial charge in [0.15, 0.2) is 0 Å². The van der Waals surface area contributed by atoms with Gasteiger partial charge in [0, 0.05) is 6.04 Å². The number of amides is 2. The Kier molecular flexibility index (Phi) is 3.05. The summed E-state index contributed by atoms with van der Waals surface area (Å²) in [6.07, 6.45) is 5.68. The zero-order chi connectivity index (χ0) is 13.4. The van der Waals surface area contributed by atoms with E-state index in [2.05, 4.69) is 5.32 Å². The zero-order valence-electron chi connectivity index (χ0n) is 11.0. The van der Waals surface area contributed by atoms with Gasteiger partial charge in [0.1, 0.15) is 12.3 Å². The van der Waals surface area contributed by atoms with Crippen LogP contribution in [0.3, 0.4) is 0 Å². The zero-order valence-corrected chi connectivity index (χ0v) is 11.0. The van der Waals surface area contributed by atoms with Crippen molar-refractivity contribution in [3.63, 3.8) is 0 Å². The van der Waals surface area contributed by atoms with Gasteiger partial charge in [-0.3, -0.25) is 9.59 Å². The Balaban J connectivity index is 1.87. The van der Waals surface area contributed by atoms with Gasteiger partial charge in [-0.25, -0.2) is 0 Å². The summed E-state index contributed by atoms with van der Waals surface area (Å²) in [6.45, 7) is 1.93. The van der Waals surface area contributed by atoms with Crippen molar-refractivity contribution < 1.29 is 14.0 Å². The van der Waals surface area contributed by atoms with Gasteiger partial charge in [-0.15, -0.1) is 0 Å². The average Bonchev–Trinajstić information content (AvgIpc) is 2.83. The maximum atomic E-state index is 12.6. The van der Waals surface area contributed by atoms with E-state index in [1.54, 1.807) is 17.9 Å². The highest BCUT2D eigenvalue weighted by molar-refractivity contribution is 5.98. The van der Waals surface area contributed by atoms with E-state index in [-0.39, 0.29) is 30.4 Å². The van der Waals surface area contributed by atoms with Gasteiger partial charge >= 0.3 is 0 Å². The van der Waals surface area contributed by atoms with Crippen molar-refractivity contribution in [2.45, 2.75) is 44.7 Å². The van der Waals surface area contributed by atoms with Gasteiger partial charge in [-0.1, -0.05) is 12.8 Å². The lowest BCUT2D eigenvalue weighted by molar-refractivity contribution is -0.127. The number of furan rings is 1. The molecular weight excluding hydrogens is 244 g/mol. The molecule has 1 aliphatic heterocycles. The van der Waals surface area contributed by atoms with Gasteiger partial charge in [-0.2, -0.15) is 0 Å². The third-order valence-corrected chi connectivity index (χ3v) is 4.14. The van der Waals surface area contributed by atoms with Crippen LogP contribution in [-0.2, 0) is 4.79 Å². The summed E-state index contributed by atoms with van der Waals surface area (Å²) in [7, 11) is 0. The fourth-order valence-electron chi connectivity index (χ4n) is 3.16. The number of aryl methyl sites for hydroxylation is 1. The van der Waals surface area contributed by atoms with Crippen LogP contribution in [-0.4, -0.2) is 35.3 Å². The smallest absolute Gasteiger partial charge is 0.258 e. The predicted molar refractivity (Wildman–Crippen MR) is 68.7 cm³/mol. The van der Waals surface area contributed by atoms with Crippen LogP contribution in [0.4, 0.5) is 0 Å². The molecule has 2 heterocycles. The number of carbonyl (C=O) groups excluding carboxylic acids is 2. The lowest BCUT2D eigenvalue weighted by Crippen LogP contribution is -2.62. The molecule has 5 nitrogen and oxygen atoms in total. The van der Waals surface area contributed by atoms with Crippen LogP contribution in [0, 0.1) is 6.92 Å². The maximum Gasteiger partial charge on any atom is 0.258 e. The molecular formula is C14H18N2O3. The molecule has 2 atom stereocenters. The number of fused-ring (bicyclic) bond motifs is 1. The summed E-state index contributed by atoms with van der Waals surface area (Å²) in [5.74, 6) is 0.471. The van der Waals surface area contributed by atoms with E-state index >= 15 is 0 Å². The van der Waals surface area contributed by atoms with Gasteiger partial charge < -0.3 is 14.6 Å². The second kappa shape index (κ2) is 4.72. The molecule has 2 amide bonds. The molecule has 1 N–H and O–H groups in total. The van der Waals surface area contributed by atoms with Crippen molar-refractivity contribution in [3.05, 3.63) is 23.7 Å². The number of rotatable bonds is 1. The first-order chi connectivity index (χ1) is 9.16. The molecule has 0 bridgehead atoms. The molecule has 1 saturated carbocycles. The first-order valence-electron chi connectivity index (χ1n) is 6.81. The summed E-state index contributed by atoms with van der Waals surface area (Å²) in [4.78, 5) is 26.0. The third kappa shape index (κ3) is 2.13. The first-order valence-corrected chi connectivity index (χ1v) is 6.81. The largest absolute Gasteiger partial charge is 0.469 e. The van der Waals surface area contributed by atoms with Crippen molar-refractivity contribution >= 4 is 11.8 Å². The van der Waals surface area contributed by atoms with Crippen LogP contribution >= 0.6 is 0 Å². The van der Waals surface area contributed by atoms with E-state index in [1.807, 2.05) is 0 Å². The minimum absolute atomic E-state index is 0.0577. The Morgan fingerprint density at radius 1 is 1.42 bits per heavy atom. The molecule has 1 aliphatic carbocycles. The molecule has 19 heavy (non-hydrogen) atoms. The molecule has 0 spiro atoms. The summed E-state index contributed by atoms with van der Waals surface area (Å²) in [5.41, 5.74) is 0.569. The lowest BCUT2D eigenvalue weighted by Gasteiger charge is -2.43. The van der Waals surface area contributed by atoms with Crippen LogP contribution < -0.4 is 5.32 Å². The maximum absolute atomic E-state index is 12.6. The number of carbonyl (C=O) groups is 2. The Bertz CT molecular complexity index is 509. The van der Waals surface area contributed by atoms with E-state index < -0.39 is 0 Å². The molecule has 3 rings (SSSR count). The van der Waals surface area contributed by atoms with Crippen molar-refractivity contribution in [2.24, 2.45) is 0 Å². The van der Waals surface area contributed by atoms with Gasteiger partial charge in [0.05, 0.1) is 17.9 Å². The Labute approximate surface area is 111 Å². The van der Waals surface area contributed by atoms with Crippen molar-refractivity contribution in [2.75, 3.05) is 6.54 Å². The molecule has 102 valence electrons. The van der Waals surface area contributed by atoms with Crippen LogP contribution in [0.5, 0.6) is 0 Å². The molecule has 0 unspecified atom stereocenters. The van der Waals surface area contributed by atoms with Crippen molar-refractivity contribution in [3.8, 4) is 0 Å². The monoisotopic (exact) mass is 262 g/mol. The summed E-state index contributed by atoms with van der Waals surface area (Å²) < 4.78 is 5.19. The Morgan fingerprint density at radius 2 is 2.21 bits per heavy atom. The number of hydrogen-bond acceptors (Lipinski definition) is 3. The van der Waals surface area contributed by atoms with Gasteiger partial charge in [0.25, 0.3) is 5.91 Å². The normalized spacial score (nSPS) is 26.8. The summed E-state index contributed by atoms with van der Waals surface area (Å²) in [5, 5.41) is 3.01. The predicted octanol–water partition coefficient (Wildman–Crippen LogP) is 1.47. The minimum atomic E-state index is -0.0852. The van der Waals surface area contributed by atoms with Crippen molar-refractivity contribution in [1.82, 2.24) is 10.2 Å². The number of hydrogen-bond donors (Lipinski definition) is 1. The Hall–Kier alpha value is -1.78. The topological polar surface area (TPSA) is 62.6 Å². The molecule has 1 aromatic heterocycles. The van der Waals surface area contributed by atoms with Gasteiger partial charge in [0.2, 0.25) is 5.91 Å². The van der Waals surface area contributed by atoms with E-state index in [0.717, 1.165) is 25.7 Å². The van der Waals surface area contributed by atoms with E-state index in [9.17, 15) is 9.59 Å². The fourth-order valence-corrected chi connectivity index (χ4v) is 3.16. The summed E-state index contributed by atoms with van der Waals surface area (Å²) in [6, 6.07) is 1.93. The molecule has 2 aliphatic rings. The standard InChI is InChI=1S/C14H18N2O3/c1-9-10(6-7-19-9)14(18)16-8-13(17)15-11-4-2-3-5-12(11)16/h6-7,11-12H,2-5,8H2,1H3,(H,15,17)/t11-,12+/m0/s1. The fraction of sp³-hybridized carbons (Fsp3) is 0.571. The van der Waals surface area contributed by atoms with E-state index in [4.69, 9.17) is 4.42 Å².